The molecule has 1 aromatic heterocycles. The Kier molecular flexibility index (Phi) is 9.74. The number of nitrogens with one attached hydrogen (secondary N) is 4. The quantitative estimate of drug-likeness (QED) is 0.189. The molecular formula is C20H15Cl4N7O6. The van der Waals surface area contributed by atoms with Crippen molar-refractivity contribution >= 4 is 75.5 Å². The van der Waals surface area contributed by atoms with Crippen LogP contribution in [0.25, 0.3) is 0 Å². The summed E-state index contributed by atoms with van der Waals surface area (Å²) in [6.45, 7) is -0.960. The van der Waals surface area contributed by atoms with Gasteiger partial charge in [-0.1, -0.05) is 46.4 Å². The number of hydrazine groups is 2. The SMILES string of the molecule is O=C(COc1ccc(Cl)cc1Cl)NNc1ncnc(NNC(=O)COc2ccc(Cl)cc2Cl)c1[N+](=O)[O-]. The van der Waals surface area contributed by atoms with Crippen LogP contribution in [0.15, 0.2) is 42.7 Å². The number of rotatable bonds is 11. The van der Waals surface area contributed by atoms with Crippen molar-refractivity contribution in [1.82, 2.24) is 20.8 Å². The van der Waals surface area contributed by atoms with Gasteiger partial charge in [0, 0.05) is 10.0 Å². The van der Waals surface area contributed by atoms with Crippen molar-refractivity contribution in [2.75, 3.05) is 24.1 Å². The summed E-state index contributed by atoms with van der Waals surface area (Å²) < 4.78 is 10.6. The molecule has 0 saturated heterocycles. The zero-order valence-corrected chi connectivity index (χ0v) is 21.3. The van der Waals surface area contributed by atoms with Crippen LogP contribution in [0.3, 0.4) is 0 Å². The Balaban J connectivity index is 1.56. The minimum Gasteiger partial charge on any atom is -0.482 e. The van der Waals surface area contributed by atoms with Crippen molar-refractivity contribution < 1.29 is 24.0 Å². The lowest BCUT2D eigenvalue weighted by Gasteiger charge is -2.12. The molecule has 17 heteroatoms. The largest absolute Gasteiger partial charge is 0.482 e. The average Bonchev–Trinajstić information content (AvgIpc) is 2.85. The highest BCUT2D eigenvalue weighted by Gasteiger charge is 2.24. The van der Waals surface area contributed by atoms with E-state index in [1.165, 1.54) is 36.4 Å². The number of aromatic nitrogens is 2. The molecule has 0 bridgehead atoms. The number of nitro groups is 1. The zero-order valence-electron chi connectivity index (χ0n) is 18.3. The molecule has 3 aromatic rings. The number of anilines is 2. The summed E-state index contributed by atoms with van der Waals surface area (Å²) in [6, 6.07) is 8.87. The molecule has 0 unspecified atom stereocenters. The van der Waals surface area contributed by atoms with E-state index in [2.05, 4.69) is 31.7 Å². The van der Waals surface area contributed by atoms with Crippen molar-refractivity contribution in [1.29, 1.82) is 0 Å². The molecule has 3 rings (SSSR count). The molecule has 0 aliphatic heterocycles. The number of benzene rings is 2. The van der Waals surface area contributed by atoms with Gasteiger partial charge < -0.3 is 9.47 Å². The summed E-state index contributed by atoms with van der Waals surface area (Å²) in [5.41, 5.74) is 8.35. The molecule has 0 fully saturated rings. The minimum atomic E-state index is -0.822. The van der Waals surface area contributed by atoms with E-state index in [0.717, 1.165) is 6.33 Å². The van der Waals surface area contributed by atoms with E-state index in [1.807, 2.05) is 0 Å². The molecule has 0 saturated carbocycles. The third-order valence-electron chi connectivity index (χ3n) is 4.15. The van der Waals surface area contributed by atoms with E-state index < -0.39 is 35.6 Å². The summed E-state index contributed by atoms with van der Waals surface area (Å²) in [5, 5.41) is 12.8. The van der Waals surface area contributed by atoms with Crippen LogP contribution < -0.4 is 31.2 Å². The second kappa shape index (κ2) is 13.0. The van der Waals surface area contributed by atoms with Crippen LogP contribution in [-0.2, 0) is 9.59 Å². The van der Waals surface area contributed by atoms with Gasteiger partial charge in [0.15, 0.2) is 13.2 Å². The number of ether oxygens (including phenoxy) is 2. The molecule has 13 nitrogen and oxygen atoms in total. The first-order valence-electron chi connectivity index (χ1n) is 9.89. The Morgan fingerprint density at radius 3 is 1.62 bits per heavy atom. The highest BCUT2D eigenvalue weighted by atomic mass is 35.5. The summed E-state index contributed by atoms with van der Waals surface area (Å²) in [6.07, 6.45) is 0.962. The molecular weight excluding hydrogens is 576 g/mol. The monoisotopic (exact) mass is 589 g/mol. The summed E-state index contributed by atoms with van der Waals surface area (Å²) in [4.78, 5) is 42.4. The Bertz CT molecular complexity index is 1240. The molecule has 0 atom stereocenters. The number of halogens is 4. The van der Waals surface area contributed by atoms with Crippen molar-refractivity contribution in [3.63, 3.8) is 0 Å². The number of carbonyl (C=O) groups excluding carboxylic acids is 2. The fourth-order valence-electron chi connectivity index (χ4n) is 2.54. The number of carbonyl (C=O) groups is 2. The highest BCUT2D eigenvalue weighted by Crippen LogP contribution is 2.29. The fraction of sp³-hybridized carbons (Fsp3) is 0.100. The molecule has 1 heterocycles. The van der Waals surface area contributed by atoms with Crippen molar-refractivity contribution in [3.05, 3.63) is 72.9 Å². The minimum absolute atomic E-state index is 0.194. The molecule has 2 aromatic carbocycles. The van der Waals surface area contributed by atoms with E-state index in [-0.39, 0.29) is 33.2 Å². The van der Waals surface area contributed by atoms with E-state index in [9.17, 15) is 19.7 Å². The molecule has 2 amide bonds. The number of hydrogen-bond donors (Lipinski definition) is 4. The van der Waals surface area contributed by atoms with E-state index >= 15 is 0 Å². The lowest BCUT2D eigenvalue weighted by atomic mass is 10.3. The van der Waals surface area contributed by atoms with Gasteiger partial charge in [-0.25, -0.2) is 9.97 Å². The van der Waals surface area contributed by atoms with Gasteiger partial charge in [0.1, 0.15) is 17.8 Å². The Hall–Kier alpha value is -3.78. The maximum absolute atomic E-state index is 12.1. The van der Waals surface area contributed by atoms with E-state index in [0.29, 0.717) is 10.0 Å². The van der Waals surface area contributed by atoms with Crippen molar-refractivity contribution in [3.8, 4) is 11.5 Å². The maximum atomic E-state index is 12.1. The summed E-state index contributed by atoms with van der Waals surface area (Å²) in [7, 11) is 0. The topological polar surface area (TPSA) is 170 Å². The lowest BCUT2D eigenvalue weighted by Crippen LogP contribution is -2.35. The summed E-state index contributed by atoms with van der Waals surface area (Å²) in [5.74, 6) is -1.75. The van der Waals surface area contributed by atoms with Crippen LogP contribution in [-0.4, -0.2) is 39.9 Å². The van der Waals surface area contributed by atoms with Gasteiger partial charge in [0.25, 0.3) is 11.8 Å². The first-order valence-corrected chi connectivity index (χ1v) is 11.4. The van der Waals surface area contributed by atoms with Crippen LogP contribution in [0.4, 0.5) is 17.3 Å². The van der Waals surface area contributed by atoms with Gasteiger partial charge in [-0.15, -0.1) is 0 Å². The van der Waals surface area contributed by atoms with Gasteiger partial charge in [0.2, 0.25) is 11.6 Å². The molecule has 0 radical (unpaired) electrons. The first-order chi connectivity index (χ1) is 17.6. The van der Waals surface area contributed by atoms with Crippen LogP contribution in [0.5, 0.6) is 11.5 Å². The predicted octanol–water partition coefficient (Wildman–Crippen LogP) is 4.04. The standard InChI is InChI=1S/C20H15Cl4N7O6/c21-10-1-3-14(12(23)5-10)36-7-16(32)27-29-19-18(31(34)35)20(26-9-25-19)30-28-17(33)8-37-15-4-2-11(22)6-13(15)24/h1-6,9H,7-8H2,(H,27,32)(H,28,33)(H2,25,26,29,30). The molecule has 4 N–H and O–H groups in total. The molecule has 0 spiro atoms. The van der Waals surface area contributed by atoms with Gasteiger partial charge in [-0.2, -0.15) is 0 Å². The highest BCUT2D eigenvalue weighted by molar-refractivity contribution is 6.36. The van der Waals surface area contributed by atoms with Gasteiger partial charge in [-0.05, 0) is 36.4 Å². The lowest BCUT2D eigenvalue weighted by molar-refractivity contribution is -0.383. The van der Waals surface area contributed by atoms with Crippen LogP contribution in [0, 0.1) is 10.1 Å². The predicted molar refractivity (Wildman–Crippen MR) is 136 cm³/mol. The fourth-order valence-corrected chi connectivity index (χ4v) is 3.46. The number of amides is 2. The van der Waals surface area contributed by atoms with Gasteiger partial charge in [0.05, 0.1) is 15.0 Å². The molecule has 0 aliphatic carbocycles. The third-order valence-corrected chi connectivity index (χ3v) is 5.21. The molecule has 37 heavy (non-hydrogen) atoms. The average molecular weight is 591 g/mol. The molecule has 0 aliphatic rings. The second-order valence-electron chi connectivity index (χ2n) is 6.75. The normalized spacial score (nSPS) is 10.3. The number of hydrogen-bond acceptors (Lipinski definition) is 10. The Morgan fingerprint density at radius 1 is 0.811 bits per heavy atom. The molecule has 194 valence electrons. The number of nitrogens with zero attached hydrogens (tertiary/aromatic N) is 3. The van der Waals surface area contributed by atoms with Crippen LogP contribution >= 0.6 is 46.4 Å². The zero-order chi connectivity index (χ0) is 26.9. The smallest absolute Gasteiger partial charge is 0.356 e. The van der Waals surface area contributed by atoms with Gasteiger partial charge >= 0.3 is 5.69 Å². The van der Waals surface area contributed by atoms with Crippen molar-refractivity contribution in [2.45, 2.75) is 0 Å². The van der Waals surface area contributed by atoms with Gasteiger partial charge in [-0.3, -0.25) is 41.4 Å². The Morgan fingerprint density at radius 2 is 1.24 bits per heavy atom. The van der Waals surface area contributed by atoms with Crippen molar-refractivity contribution in [2.24, 2.45) is 0 Å². The third kappa shape index (κ3) is 8.11. The summed E-state index contributed by atoms with van der Waals surface area (Å²) >= 11 is 23.5. The Labute approximate surface area is 228 Å². The van der Waals surface area contributed by atoms with Crippen LogP contribution in [0.2, 0.25) is 20.1 Å². The van der Waals surface area contributed by atoms with Crippen LogP contribution in [0.1, 0.15) is 0 Å². The second-order valence-corrected chi connectivity index (χ2v) is 8.44. The van der Waals surface area contributed by atoms with E-state index in [1.54, 1.807) is 0 Å². The first kappa shape index (κ1) is 27.8. The van der Waals surface area contributed by atoms with E-state index in [4.69, 9.17) is 55.9 Å². The maximum Gasteiger partial charge on any atom is 0.356 e.